The molecule has 2 aliphatic rings. The van der Waals surface area contributed by atoms with Gasteiger partial charge in [-0.25, -0.2) is 4.98 Å². The van der Waals surface area contributed by atoms with Crippen molar-refractivity contribution in [3.63, 3.8) is 0 Å². The monoisotopic (exact) mass is 618 g/mol. The highest BCUT2D eigenvalue weighted by Gasteiger charge is 2.44. The molecule has 1 saturated heterocycles. The number of amides is 1. The quantitative estimate of drug-likeness (QED) is 0.122. The van der Waals surface area contributed by atoms with Crippen LogP contribution in [0.4, 0.5) is 11.8 Å². The van der Waals surface area contributed by atoms with Crippen LogP contribution in [0.3, 0.4) is 0 Å². The number of imidazole rings is 1. The van der Waals surface area contributed by atoms with E-state index in [0.29, 0.717) is 42.6 Å². The number of aromatic nitrogens is 4. The Morgan fingerprint density at radius 3 is 2.27 bits per heavy atom. The van der Waals surface area contributed by atoms with Gasteiger partial charge in [-0.15, -0.1) is 0 Å². The van der Waals surface area contributed by atoms with Crippen LogP contribution in [0.2, 0.25) is 0 Å². The molecule has 1 aliphatic heterocycles. The number of hydrogen-bond acceptors (Lipinski definition) is 12. The average Bonchev–Trinajstić information content (AvgIpc) is 3.73. The first-order chi connectivity index (χ1) is 21.7. The van der Waals surface area contributed by atoms with E-state index in [4.69, 9.17) is 20.8 Å². The van der Waals surface area contributed by atoms with Crippen LogP contribution in [0, 0.1) is 0 Å². The Bertz CT molecular complexity index is 1590. The number of hydrogen-bond donors (Lipinski definition) is 8. The maximum Gasteiger partial charge on any atom is 0.229 e. The summed E-state index contributed by atoms with van der Waals surface area (Å²) in [4.78, 5) is 28.5. The Morgan fingerprint density at radius 2 is 1.67 bits per heavy atom. The number of benzene rings is 2. The van der Waals surface area contributed by atoms with E-state index in [2.05, 4.69) is 15.6 Å². The molecule has 2 fully saturated rings. The van der Waals surface area contributed by atoms with Gasteiger partial charge in [-0.3, -0.25) is 4.79 Å². The van der Waals surface area contributed by atoms with E-state index >= 15 is 0 Å². The first-order valence-corrected chi connectivity index (χ1v) is 15.0. The summed E-state index contributed by atoms with van der Waals surface area (Å²) in [7, 11) is 0. The Labute approximate surface area is 259 Å². The lowest BCUT2D eigenvalue weighted by Gasteiger charge is -2.22. The van der Waals surface area contributed by atoms with E-state index in [9.17, 15) is 25.2 Å². The molecule has 0 radical (unpaired) electrons. The number of nitrogens with zero attached hydrogens (tertiary/aromatic N) is 5. The van der Waals surface area contributed by atoms with Crippen molar-refractivity contribution in [1.82, 2.24) is 24.8 Å². The molecule has 9 N–H and O–H groups in total. The van der Waals surface area contributed by atoms with Crippen molar-refractivity contribution in [2.75, 3.05) is 36.5 Å². The van der Waals surface area contributed by atoms with E-state index in [1.807, 2.05) is 29.2 Å². The summed E-state index contributed by atoms with van der Waals surface area (Å²) in [5.74, 6) is 0.633. The van der Waals surface area contributed by atoms with Crippen LogP contribution in [0.1, 0.15) is 42.3 Å². The van der Waals surface area contributed by atoms with Crippen molar-refractivity contribution in [2.45, 2.75) is 55.5 Å². The van der Waals surface area contributed by atoms with Crippen LogP contribution in [-0.2, 0) is 4.79 Å². The second-order valence-electron chi connectivity index (χ2n) is 11.7. The van der Waals surface area contributed by atoms with Crippen LogP contribution in [0.25, 0.3) is 11.2 Å². The fourth-order valence-electron chi connectivity index (χ4n) is 6.23. The van der Waals surface area contributed by atoms with Gasteiger partial charge in [0, 0.05) is 38.0 Å². The molecule has 1 amide bonds. The smallest absolute Gasteiger partial charge is 0.229 e. The number of phenolic OH excluding ortho intramolecular Hbond substituents is 2. The summed E-state index contributed by atoms with van der Waals surface area (Å²) in [6.45, 7) is 1.32. The van der Waals surface area contributed by atoms with Crippen molar-refractivity contribution in [3.05, 3.63) is 66.0 Å². The summed E-state index contributed by atoms with van der Waals surface area (Å²) in [5, 5.41) is 56.8. The maximum absolute atomic E-state index is 12.1. The van der Waals surface area contributed by atoms with Gasteiger partial charge >= 0.3 is 0 Å². The molecule has 14 heteroatoms. The van der Waals surface area contributed by atoms with Crippen LogP contribution < -0.4 is 21.3 Å². The summed E-state index contributed by atoms with van der Waals surface area (Å²) in [5.41, 5.74) is 8.99. The third-order valence-electron chi connectivity index (χ3n) is 8.68. The zero-order valence-corrected chi connectivity index (χ0v) is 24.6. The molecular formula is C31H38N8O6. The highest BCUT2D eigenvalue weighted by Crippen LogP contribution is 2.36. The van der Waals surface area contributed by atoms with Crippen LogP contribution in [0.5, 0.6) is 11.5 Å². The van der Waals surface area contributed by atoms with E-state index in [0.717, 1.165) is 17.5 Å². The Kier molecular flexibility index (Phi) is 8.72. The van der Waals surface area contributed by atoms with E-state index in [1.54, 1.807) is 35.2 Å². The van der Waals surface area contributed by atoms with Crippen molar-refractivity contribution in [1.29, 1.82) is 0 Å². The number of nitrogens with two attached hydrogens (primary N) is 1. The maximum atomic E-state index is 12.1. The number of phenols is 2. The molecule has 3 heterocycles. The second-order valence-corrected chi connectivity index (χ2v) is 11.7. The Balaban J connectivity index is 1.35. The minimum Gasteiger partial charge on any atom is -0.508 e. The first-order valence-electron chi connectivity index (χ1n) is 15.0. The number of fused-ring (bicyclic) bond motifs is 1. The van der Waals surface area contributed by atoms with Crippen molar-refractivity contribution in [2.24, 2.45) is 5.73 Å². The molecule has 1 unspecified atom stereocenters. The fourth-order valence-corrected chi connectivity index (χ4v) is 6.23. The number of aliphatic hydroxyl groups is 3. The summed E-state index contributed by atoms with van der Waals surface area (Å²) < 4.78 is 1.71. The standard InChI is InChI=1S/C31H38N8O6/c32-19-9-11-38(15-19)31-36-29(33-14-22(17-1-5-20(41)6-2-17)18-3-7-21(42)8-4-18)26-30(37-31)39(16-34-26)24-13-23(27(44)28(24)45)35-25(43)10-12-40/h1-8,16,19,22-24,27-28,40-42,44-45H,9-15,32H2,(H,35,43)(H,33,36,37)/t19?,23-,24+,27+,28-/m0/s1. The first kappa shape index (κ1) is 30.5. The lowest BCUT2D eigenvalue weighted by molar-refractivity contribution is -0.123. The molecule has 1 saturated carbocycles. The lowest BCUT2D eigenvalue weighted by atomic mass is 9.91. The highest BCUT2D eigenvalue weighted by molar-refractivity contribution is 5.84. The van der Waals surface area contributed by atoms with Gasteiger partial charge in [0.15, 0.2) is 17.0 Å². The summed E-state index contributed by atoms with van der Waals surface area (Å²) >= 11 is 0. The predicted molar refractivity (Wildman–Crippen MR) is 166 cm³/mol. The third kappa shape index (κ3) is 6.35. The van der Waals surface area contributed by atoms with Crippen molar-refractivity contribution >= 4 is 28.8 Å². The van der Waals surface area contributed by atoms with Gasteiger partial charge in [0.05, 0.1) is 25.0 Å². The SMILES string of the molecule is NC1CCN(c2nc(NCC(c3ccc(O)cc3)c3ccc(O)cc3)c3ncn([C@@H]4C[C@H](NC(=O)CCO)[C@@H](O)[C@H]4O)c3n2)C1. The molecule has 0 bridgehead atoms. The van der Waals surface area contributed by atoms with E-state index in [-0.39, 0.29) is 42.9 Å². The molecule has 6 rings (SSSR count). The predicted octanol–water partition coefficient (Wildman–Crippen LogP) is 0.553. The van der Waals surface area contributed by atoms with Gasteiger partial charge in [-0.1, -0.05) is 24.3 Å². The molecular weight excluding hydrogens is 580 g/mol. The zero-order valence-electron chi connectivity index (χ0n) is 24.6. The van der Waals surface area contributed by atoms with E-state index < -0.39 is 30.2 Å². The Morgan fingerprint density at radius 1 is 1.00 bits per heavy atom. The van der Waals surface area contributed by atoms with Crippen LogP contribution in [-0.4, -0.2) is 101 Å². The van der Waals surface area contributed by atoms with Crippen LogP contribution in [0.15, 0.2) is 54.9 Å². The molecule has 238 valence electrons. The zero-order chi connectivity index (χ0) is 31.7. The van der Waals surface area contributed by atoms with Gasteiger partial charge in [0.1, 0.15) is 23.7 Å². The average molecular weight is 619 g/mol. The molecule has 14 nitrogen and oxygen atoms in total. The normalized spacial score (nSPS) is 23.2. The second kappa shape index (κ2) is 12.9. The highest BCUT2D eigenvalue weighted by atomic mass is 16.3. The van der Waals surface area contributed by atoms with Gasteiger partial charge in [0.25, 0.3) is 0 Å². The number of rotatable bonds is 10. The molecule has 2 aromatic heterocycles. The molecule has 1 aliphatic carbocycles. The minimum atomic E-state index is -1.22. The molecule has 0 spiro atoms. The number of anilines is 2. The number of carbonyl (C=O) groups is 1. The summed E-state index contributed by atoms with van der Waals surface area (Å²) in [6.07, 6.45) is 0.0466. The number of aromatic hydroxyl groups is 2. The molecule has 5 atom stereocenters. The topological polar surface area (TPSA) is 215 Å². The molecule has 45 heavy (non-hydrogen) atoms. The number of aliphatic hydroxyl groups excluding tert-OH is 3. The summed E-state index contributed by atoms with van der Waals surface area (Å²) in [6, 6.07) is 12.5. The lowest BCUT2D eigenvalue weighted by Crippen LogP contribution is -2.43. The van der Waals surface area contributed by atoms with E-state index in [1.165, 1.54) is 0 Å². The largest absolute Gasteiger partial charge is 0.508 e. The van der Waals surface area contributed by atoms with Gasteiger partial charge < -0.3 is 51.4 Å². The minimum absolute atomic E-state index is 0.0194. The van der Waals surface area contributed by atoms with Crippen LogP contribution >= 0.6 is 0 Å². The fraction of sp³-hybridized carbons (Fsp3) is 0.419. The number of carbonyl (C=O) groups excluding carboxylic acids is 1. The molecule has 4 aromatic rings. The van der Waals surface area contributed by atoms with Crippen molar-refractivity contribution in [3.8, 4) is 11.5 Å². The van der Waals surface area contributed by atoms with Gasteiger partial charge in [0.2, 0.25) is 11.9 Å². The third-order valence-corrected chi connectivity index (χ3v) is 8.68. The van der Waals surface area contributed by atoms with Gasteiger partial charge in [-0.05, 0) is 48.2 Å². The van der Waals surface area contributed by atoms with Gasteiger partial charge in [-0.2, -0.15) is 9.97 Å². The Hall–Kier alpha value is -4.50. The van der Waals surface area contributed by atoms with Crippen molar-refractivity contribution < 1.29 is 30.3 Å². The number of nitrogens with one attached hydrogen (secondary N) is 2. The molecule has 2 aromatic carbocycles.